The molecule has 0 amide bonds. The highest BCUT2D eigenvalue weighted by Crippen LogP contribution is 2.35. The van der Waals surface area contributed by atoms with Gasteiger partial charge in [0, 0.05) is 5.41 Å². The highest BCUT2D eigenvalue weighted by atomic mass is 35.5. The SMILES string of the molecule is CC(C)(C)c1nn(-c2nc(Oc3ccccc3O)c(Cl)cc2Cl)c(=O)o1. The lowest BCUT2D eigenvalue weighted by Gasteiger charge is -2.11. The number of aromatic hydroxyl groups is 1. The van der Waals surface area contributed by atoms with Crippen LogP contribution in [-0.4, -0.2) is 19.9 Å². The molecular formula is C17H15Cl2N3O4. The van der Waals surface area contributed by atoms with Gasteiger partial charge in [0.1, 0.15) is 5.02 Å². The van der Waals surface area contributed by atoms with Gasteiger partial charge in [-0.05, 0) is 18.2 Å². The van der Waals surface area contributed by atoms with Crippen molar-refractivity contribution in [3.63, 3.8) is 0 Å². The first kappa shape index (κ1) is 18.3. The maximum absolute atomic E-state index is 12.2. The van der Waals surface area contributed by atoms with Gasteiger partial charge in [0.05, 0.1) is 5.02 Å². The van der Waals surface area contributed by atoms with Crippen LogP contribution in [0.25, 0.3) is 5.82 Å². The Hall–Kier alpha value is -2.51. The van der Waals surface area contributed by atoms with E-state index in [9.17, 15) is 9.90 Å². The van der Waals surface area contributed by atoms with Gasteiger partial charge in [-0.15, -0.1) is 9.78 Å². The fraction of sp³-hybridized carbons (Fsp3) is 0.235. The third-order valence-electron chi connectivity index (χ3n) is 3.34. The number of nitrogens with zero attached hydrogens (tertiary/aromatic N) is 3. The van der Waals surface area contributed by atoms with E-state index < -0.39 is 11.2 Å². The molecule has 0 saturated heterocycles. The van der Waals surface area contributed by atoms with E-state index in [0.717, 1.165) is 4.68 Å². The zero-order valence-corrected chi connectivity index (χ0v) is 15.7. The van der Waals surface area contributed by atoms with Crippen LogP contribution in [0.15, 0.2) is 39.5 Å². The van der Waals surface area contributed by atoms with Gasteiger partial charge in [-0.25, -0.2) is 4.79 Å². The molecule has 3 rings (SSSR count). The largest absolute Gasteiger partial charge is 0.504 e. The molecule has 0 radical (unpaired) electrons. The van der Waals surface area contributed by atoms with Gasteiger partial charge in [0.2, 0.25) is 11.8 Å². The van der Waals surface area contributed by atoms with E-state index in [2.05, 4.69) is 10.1 Å². The number of pyridine rings is 1. The van der Waals surface area contributed by atoms with Crippen LogP contribution in [-0.2, 0) is 5.41 Å². The van der Waals surface area contributed by atoms with Crippen LogP contribution in [0.3, 0.4) is 0 Å². The maximum atomic E-state index is 12.2. The lowest BCUT2D eigenvalue weighted by Crippen LogP contribution is -2.16. The van der Waals surface area contributed by atoms with Crippen molar-refractivity contribution < 1.29 is 14.3 Å². The highest BCUT2D eigenvalue weighted by molar-refractivity contribution is 6.36. The number of halogens is 2. The normalized spacial score (nSPS) is 11.6. The highest BCUT2D eigenvalue weighted by Gasteiger charge is 2.25. The average Bonchev–Trinajstić information content (AvgIpc) is 2.94. The quantitative estimate of drug-likeness (QED) is 0.709. The number of hydrogen-bond donors (Lipinski definition) is 1. The topological polar surface area (TPSA) is 90.4 Å². The minimum atomic E-state index is -0.736. The van der Waals surface area contributed by atoms with E-state index in [0.29, 0.717) is 0 Å². The van der Waals surface area contributed by atoms with Crippen LogP contribution in [0.5, 0.6) is 17.4 Å². The number of rotatable bonds is 3. The lowest BCUT2D eigenvalue weighted by atomic mass is 9.97. The van der Waals surface area contributed by atoms with Crippen LogP contribution in [0.4, 0.5) is 0 Å². The zero-order chi connectivity index (χ0) is 19.1. The average molecular weight is 396 g/mol. The van der Waals surface area contributed by atoms with Gasteiger partial charge in [-0.2, -0.15) is 4.98 Å². The Balaban J connectivity index is 2.08. The van der Waals surface area contributed by atoms with Crippen molar-refractivity contribution >= 4 is 23.2 Å². The van der Waals surface area contributed by atoms with Crippen molar-refractivity contribution in [3.05, 3.63) is 56.8 Å². The van der Waals surface area contributed by atoms with E-state index in [1.54, 1.807) is 18.2 Å². The standard InChI is InChI=1S/C17H15Cl2N3O4/c1-17(2,3)15-21-22(16(24)26-15)13-9(18)8-10(19)14(20-13)25-12-7-5-4-6-11(12)23/h4-8,23H,1-3H3. The Morgan fingerprint density at radius 3 is 2.50 bits per heavy atom. The van der Waals surface area contributed by atoms with Crippen molar-refractivity contribution in [2.45, 2.75) is 26.2 Å². The summed E-state index contributed by atoms with van der Waals surface area (Å²) < 4.78 is 11.7. The lowest BCUT2D eigenvalue weighted by molar-refractivity contribution is 0.375. The number of benzene rings is 1. The number of phenols is 1. The summed E-state index contributed by atoms with van der Waals surface area (Å²) in [6.45, 7) is 5.56. The molecule has 0 atom stereocenters. The maximum Gasteiger partial charge on any atom is 0.443 e. The molecule has 0 spiro atoms. The van der Waals surface area contributed by atoms with Gasteiger partial charge in [-0.3, -0.25) is 0 Å². The van der Waals surface area contributed by atoms with Crippen LogP contribution >= 0.6 is 23.2 Å². The molecule has 9 heteroatoms. The second-order valence-electron chi connectivity index (χ2n) is 6.49. The molecular weight excluding hydrogens is 381 g/mol. The molecule has 1 aromatic carbocycles. The van der Waals surface area contributed by atoms with Gasteiger partial charge < -0.3 is 14.3 Å². The molecule has 0 fully saturated rings. The third-order valence-corrected chi connectivity index (χ3v) is 3.89. The number of aromatic nitrogens is 3. The molecule has 1 N–H and O–H groups in total. The van der Waals surface area contributed by atoms with Crippen molar-refractivity contribution in [2.24, 2.45) is 0 Å². The summed E-state index contributed by atoms with van der Waals surface area (Å²) >= 11 is 12.3. The molecule has 136 valence electrons. The molecule has 0 saturated carbocycles. The Bertz CT molecular complexity index is 1020. The number of para-hydroxylation sites is 2. The molecule has 3 aromatic rings. The summed E-state index contributed by atoms with van der Waals surface area (Å²) in [7, 11) is 0. The van der Waals surface area contributed by atoms with Crippen molar-refractivity contribution in [1.29, 1.82) is 0 Å². The minimum absolute atomic E-state index is 0.00531. The second-order valence-corrected chi connectivity index (χ2v) is 7.30. The molecule has 7 nitrogen and oxygen atoms in total. The monoisotopic (exact) mass is 395 g/mol. The fourth-order valence-corrected chi connectivity index (χ4v) is 2.50. The molecule has 2 aromatic heterocycles. The Labute approximate surface area is 158 Å². The summed E-state index contributed by atoms with van der Waals surface area (Å²) in [6, 6.07) is 7.70. The first-order valence-electron chi connectivity index (χ1n) is 7.59. The number of ether oxygens (including phenoxy) is 1. The van der Waals surface area contributed by atoms with Crippen molar-refractivity contribution in [2.75, 3.05) is 0 Å². The Morgan fingerprint density at radius 2 is 1.88 bits per heavy atom. The number of phenolic OH excluding ortho intramolecular Hbond substituents is 1. The summed E-state index contributed by atoms with van der Waals surface area (Å²) in [5.74, 6) is -0.474. The summed E-state index contributed by atoms with van der Waals surface area (Å²) in [4.78, 5) is 16.3. The van der Waals surface area contributed by atoms with Crippen molar-refractivity contribution in [1.82, 2.24) is 14.8 Å². The first-order valence-corrected chi connectivity index (χ1v) is 8.35. The van der Waals surface area contributed by atoms with Gasteiger partial charge in [-0.1, -0.05) is 56.1 Å². The molecule has 26 heavy (non-hydrogen) atoms. The third kappa shape index (κ3) is 3.54. The first-order chi connectivity index (χ1) is 12.2. The fourth-order valence-electron chi connectivity index (χ4n) is 2.02. The second kappa shape index (κ2) is 6.66. The van der Waals surface area contributed by atoms with Gasteiger partial charge in [0.25, 0.3) is 0 Å². The van der Waals surface area contributed by atoms with E-state index in [-0.39, 0.29) is 39.1 Å². The van der Waals surface area contributed by atoms with E-state index in [1.165, 1.54) is 12.1 Å². The van der Waals surface area contributed by atoms with Crippen molar-refractivity contribution in [3.8, 4) is 23.2 Å². The zero-order valence-electron chi connectivity index (χ0n) is 14.2. The van der Waals surface area contributed by atoms with E-state index in [4.69, 9.17) is 32.4 Å². The minimum Gasteiger partial charge on any atom is -0.504 e. The smallest absolute Gasteiger partial charge is 0.443 e. The van der Waals surface area contributed by atoms with E-state index >= 15 is 0 Å². The Morgan fingerprint density at radius 1 is 1.19 bits per heavy atom. The molecule has 0 aliphatic heterocycles. The van der Waals surface area contributed by atoms with E-state index in [1.807, 2.05) is 20.8 Å². The molecule has 0 aliphatic rings. The predicted octanol–water partition coefficient (Wildman–Crippen LogP) is 4.32. The predicted molar refractivity (Wildman–Crippen MR) is 96.8 cm³/mol. The Kier molecular flexibility index (Phi) is 4.68. The van der Waals surface area contributed by atoms with Crippen LogP contribution < -0.4 is 10.5 Å². The van der Waals surface area contributed by atoms with Crippen LogP contribution in [0.2, 0.25) is 10.0 Å². The van der Waals surface area contributed by atoms with Crippen LogP contribution in [0, 0.1) is 0 Å². The summed E-state index contributed by atoms with van der Waals surface area (Å²) in [6.07, 6.45) is 0. The molecule has 0 aliphatic carbocycles. The van der Waals surface area contributed by atoms with Crippen LogP contribution in [0.1, 0.15) is 26.7 Å². The molecule has 2 heterocycles. The molecule has 0 bridgehead atoms. The molecule has 0 unspecified atom stereocenters. The summed E-state index contributed by atoms with van der Waals surface area (Å²) in [5.41, 5.74) is -0.474. The number of hydrogen-bond acceptors (Lipinski definition) is 6. The van der Waals surface area contributed by atoms with Gasteiger partial charge in [0.15, 0.2) is 17.3 Å². The van der Waals surface area contributed by atoms with Gasteiger partial charge >= 0.3 is 5.76 Å². The summed E-state index contributed by atoms with van der Waals surface area (Å²) in [5, 5.41) is 14.2.